The van der Waals surface area contributed by atoms with E-state index in [1.165, 1.54) is 5.56 Å². The van der Waals surface area contributed by atoms with Crippen molar-refractivity contribution in [2.75, 3.05) is 50.5 Å². The minimum absolute atomic E-state index is 0.0461. The summed E-state index contributed by atoms with van der Waals surface area (Å²) in [5.74, 6) is 1.72. The third kappa shape index (κ3) is 7.75. The van der Waals surface area contributed by atoms with Crippen LogP contribution in [-0.2, 0) is 22.7 Å². The number of benzene rings is 2. The summed E-state index contributed by atoms with van der Waals surface area (Å²) in [5.41, 5.74) is 3.75. The van der Waals surface area contributed by atoms with Crippen molar-refractivity contribution in [3.8, 4) is 5.75 Å². The highest BCUT2D eigenvalue weighted by molar-refractivity contribution is 8.19. The number of aliphatic imine (C=N–C) groups is 1. The van der Waals surface area contributed by atoms with Crippen LogP contribution in [0.1, 0.15) is 11.3 Å². The number of fused-ring (bicyclic) bond motifs is 1. The molecule has 11 heteroatoms. The topological polar surface area (TPSA) is 91.3 Å². The maximum absolute atomic E-state index is 13.1. The van der Waals surface area contributed by atoms with Crippen LogP contribution in [0.2, 0.25) is 5.02 Å². The van der Waals surface area contributed by atoms with Gasteiger partial charge in [0.25, 0.3) is 0 Å². The highest BCUT2D eigenvalue weighted by Crippen LogP contribution is 2.36. The number of amides is 1. The van der Waals surface area contributed by atoms with Crippen LogP contribution in [0.3, 0.4) is 0 Å². The largest absolute Gasteiger partial charge is 0.486 e. The summed E-state index contributed by atoms with van der Waals surface area (Å²) in [6.45, 7) is 5.76. The number of nitrogens with zero attached hydrogens (tertiary/aromatic N) is 4. The molecular formula is C33H35ClN6O3S. The molecule has 228 valence electrons. The van der Waals surface area contributed by atoms with Gasteiger partial charge in [-0.2, -0.15) is 0 Å². The van der Waals surface area contributed by atoms with Gasteiger partial charge in [0.2, 0.25) is 5.91 Å². The molecule has 1 saturated heterocycles. The molecule has 1 amide bonds. The highest BCUT2D eigenvalue weighted by Gasteiger charge is 2.27. The van der Waals surface area contributed by atoms with Gasteiger partial charge in [0.05, 0.1) is 41.0 Å². The van der Waals surface area contributed by atoms with E-state index in [1.807, 2.05) is 60.9 Å². The highest BCUT2D eigenvalue weighted by atomic mass is 35.5. The zero-order valence-electron chi connectivity index (χ0n) is 24.3. The van der Waals surface area contributed by atoms with Crippen LogP contribution in [0.4, 0.5) is 5.69 Å². The summed E-state index contributed by atoms with van der Waals surface area (Å²) in [6, 6.07) is 21.6. The van der Waals surface area contributed by atoms with Crippen molar-refractivity contribution < 1.29 is 14.3 Å². The molecule has 1 unspecified atom stereocenters. The minimum atomic E-state index is -0.418. The number of pyridine rings is 1. The van der Waals surface area contributed by atoms with E-state index in [1.54, 1.807) is 6.20 Å². The Hall–Kier alpha value is -3.96. The molecule has 0 bridgehead atoms. The molecule has 44 heavy (non-hydrogen) atoms. The Morgan fingerprint density at radius 1 is 1.07 bits per heavy atom. The van der Waals surface area contributed by atoms with Gasteiger partial charge in [-0.25, -0.2) is 4.99 Å². The molecule has 3 aromatic rings. The van der Waals surface area contributed by atoms with Crippen molar-refractivity contribution in [1.29, 1.82) is 0 Å². The molecule has 6 rings (SSSR count). The summed E-state index contributed by atoms with van der Waals surface area (Å²) in [7, 11) is -0.418. The maximum Gasteiger partial charge on any atom is 0.229 e. The first-order valence-corrected chi connectivity index (χ1v) is 16.5. The SMILES string of the molecule is O=C(CS1=C2C(=C(Nc3ccc(OCc4ccccn4)c(Cl)c3)N=CN2Cc2ccccc2)C=C1)NCCN1CCOCC1. The van der Waals surface area contributed by atoms with E-state index in [-0.39, 0.29) is 5.91 Å². The Kier molecular flexibility index (Phi) is 10.0. The molecule has 1 aromatic heterocycles. The van der Waals surface area contributed by atoms with Gasteiger partial charge in [-0.05, 0) is 47.4 Å². The number of hydrogen-bond donors (Lipinski definition) is 2. The number of carbonyl (C=O) groups is 1. The van der Waals surface area contributed by atoms with E-state index in [0.717, 1.165) is 54.8 Å². The van der Waals surface area contributed by atoms with Crippen molar-refractivity contribution in [2.45, 2.75) is 13.2 Å². The molecule has 2 N–H and O–H groups in total. The predicted molar refractivity (Wildman–Crippen MR) is 178 cm³/mol. The molecular weight excluding hydrogens is 596 g/mol. The Labute approximate surface area is 265 Å². The van der Waals surface area contributed by atoms with E-state index < -0.39 is 10.5 Å². The Morgan fingerprint density at radius 2 is 1.91 bits per heavy atom. The fraction of sp³-hybridized carbons (Fsp3) is 0.273. The smallest absolute Gasteiger partial charge is 0.229 e. The lowest BCUT2D eigenvalue weighted by Gasteiger charge is -2.28. The summed E-state index contributed by atoms with van der Waals surface area (Å²) in [4.78, 5) is 27.7. The standard InChI is InChI=1S/C33H35ClN6O3S/c34-29-20-26(9-10-30(29)43-22-27-8-4-5-12-35-27)38-32-28-11-19-44(23-31(41)36-13-14-39-15-17-42-18-16-39)33(28)40(24-37-32)21-25-6-2-1-3-7-25/h1-12,19-20,24,38H,13-18,21-23H2,(H,36,41). The van der Waals surface area contributed by atoms with E-state index in [2.05, 4.69) is 49.0 Å². The van der Waals surface area contributed by atoms with Crippen LogP contribution in [0.15, 0.2) is 101 Å². The number of anilines is 1. The van der Waals surface area contributed by atoms with Crippen molar-refractivity contribution in [3.63, 3.8) is 0 Å². The number of aromatic nitrogens is 1. The first-order chi connectivity index (χ1) is 21.6. The second-order valence-corrected chi connectivity index (χ2v) is 12.7. The van der Waals surface area contributed by atoms with E-state index in [9.17, 15) is 4.79 Å². The number of morpholine rings is 1. The van der Waals surface area contributed by atoms with Crippen molar-refractivity contribution in [1.82, 2.24) is 20.1 Å². The number of halogens is 1. The quantitative estimate of drug-likeness (QED) is 0.276. The Balaban J connectivity index is 1.17. The van der Waals surface area contributed by atoms with Crippen LogP contribution in [0.5, 0.6) is 5.75 Å². The average molecular weight is 631 g/mol. The molecule has 0 spiro atoms. The van der Waals surface area contributed by atoms with Gasteiger partial charge in [-0.3, -0.25) is 14.7 Å². The third-order valence-electron chi connectivity index (χ3n) is 7.35. The summed E-state index contributed by atoms with van der Waals surface area (Å²) in [6.07, 6.45) is 5.66. The van der Waals surface area contributed by atoms with Gasteiger partial charge in [0.1, 0.15) is 18.2 Å². The van der Waals surface area contributed by atoms with Gasteiger partial charge in [0, 0.05) is 50.2 Å². The monoisotopic (exact) mass is 630 g/mol. The number of carbonyl (C=O) groups excluding carboxylic acids is 1. The Bertz CT molecular complexity index is 1590. The van der Waals surface area contributed by atoms with E-state index >= 15 is 0 Å². The van der Waals surface area contributed by atoms with Gasteiger partial charge >= 0.3 is 0 Å². The molecule has 9 nitrogen and oxygen atoms in total. The van der Waals surface area contributed by atoms with Crippen molar-refractivity contribution >= 4 is 45.0 Å². The molecule has 2 aromatic carbocycles. The fourth-order valence-electron chi connectivity index (χ4n) is 5.11. The van der Waals surface area contributed by atoms with Crippen LogP contribution in [-0.4, -0.2) is 77.2 Å². The van der Waals surface area contributed by atoms with Gasteiger partial charge < -0.3 is 25.0 Å². The first-order valence-electron chi connectivity index (χ1n) is 14.6. The van der Waals surface area contributed by atoms with Crippen molar-refractivity contribution in [3.05, 3.63) is 112 Å². The third-order valence-corrected chi connectivity index (χ3v) is 9.64. The number of nitrogens with one attached hydrogen (secondary N) is 2. The Morgan fingerprint density at radius 3 is 2.70 bits per heavy atom. The number of hydrogen-bond acceptors (Lipinski definition) is 8. The van der Waals surface area contributed by atoms with E-state index in [4.69, 9.17) is 26.1 Å². The van der Waals surface area contributed by atoms with Gasteiger partial charge in [-0.1, -0.05) is 48.0 Å². The van der Waals surface area contributed by atoms with Crippen LogP contribution < -0.4 is 15.4 Å². The molecule has 4 heterocycles. The predicted octanol–water partition coefficient (Wildman–Crippen LogP) is 4.86. The molecule has 3 aliphatic heterocycles. The fourth-order valence-corrected chi connectivity index (χ4v) is 7.25. The molecule has 0 radical (unpaired) electrons. The summed E-state index contributed by atoms with van der Waals surface area (Å²) in [5, 5.41) is 9.18. The molecule has 0 aliphatic carbocycles. The zero-order chi connectivity index (χ0) is 30.1. The van der Waals surface area contributed by atoms with E-state index in [0.29, 0.717) is 42.0 Å². The molecule has 3 aliphatic rings. The van der Waals surface area contributed by atoms with Crippen LogP contribution in [0.25, 0.3) is 0 Å². The lowest BCUT2D eigenvalue weighted by atomic mass is 10.1. The van der Waals surface area contributed by atoms with Gasteiger partial charge in [-0.15, -0.1) is 10.5 Å². The maximum atomic E-state index is 13.1. The first kappa shape index (κ1) is 30.1. The van der Waals surface area contributed by atoms with Gasteiger partial charge in [0.15, 0.2) is 0 Å². The summed E-state index contributed by atoms with van der Waals surface area (Å²) >= 11 is 6.59. The average Bonchev–Trinajstić information content (AvgIpc) is 3.47. The molecule has 0 saturated carbocycles. The van der Waals surface area contributed by atoms with Crippen molar-refractivity contribution in [2.24, 2.45) is 4.99 Å². The lowest BCUT2D eigenvalue weighted by Crippen LogP contribution is -2.41. The van der Waals surface area contributed by atoms with Crippen LogP contribution >= 0.6 is 22.1 Å². The second-order valence-electron chi connectivity index (χ2n) is 10.5. The van der Waals surface area contributed by atoms with Crippen LogP contribution in [0, 0.1) is 0 Å². The molecule has 1 atom stereocenters. The second kappa shape index (κ2) is 14.7. The lowest BCUT2D eigenvalue weighted by molar-refractivity contribution is -0.118. The number of rotatable bonds is 12. The zero-order valence-corrected chi connectivity index (χ0v) is 25.9. The normalized spacial score (nSPS) is 18.0. The number of ether oxygens (including phenoxy) is 2. The minimum Gasteiger partial charge on any atom is -0.486 e. The molecule has 1 fully saturated rings. The summed E-state index contributed by atoms with van der Waals surface area (Å²) < 4.78 is 11.3.